The molecule has 1 aliphatic carbocycles. The lowest BCUT2D eigenvalue weighted by atomic mass is 9.90. The average molecular weight is 432 g/mol. The first-order valence-electron chi connectivity index (χ1n) is 9.05. The largest absolute Gasteiger partial charge is 0.279 e. The van der Waals surface area contributed by atoms with Gasteiger partial charge in [0.2, 0.25) is 10.0 Å². The van der Waals surface area contributed by atoms with E-state index >= 15 is 0 Å². The minimum absolute atomic E-state index is 0.00766. The van der Waals surface area contributed by atoms with Crippen LogP contribution in [0.3, 0.4) is 0 Å². The van der Waals surface area contributed by atoms with Gasteiger partial charge in [0, 0.05) is 10.4 Å². The first-order chi connectivity index (χ1) is 13.8. The molecule has 0 saturated heterocycles. The fraction of sp³-hybridized carbons (Fsp3) is 0.300. The van der Waals surface area contributed by atoms with E-state index in [0.29, 0.717) is 10.8 Å². The van der Waals surface area contributed by atoms with E-state index in [0.717, 1.165) is 19.3 Å². The first kappa shape index (κ1) is 21.0. The number of thiophene rings is 1. The molecule has 0 bridgehead atoms. The highest BCUT2D eigenvalue weighted by atomic mass is 32.2. The maximum absolute atomic E-state index is 12.3. The van der Waals surface area contributed by atoms with E-state index in [9.17, 15) is 18.0 Å². The Morgan fingerprint density at radius 3 is 2.59 bits per heavy atom. The normalized spacial score (nSPS) is 15.8. The minimum Gasteiger partial charge on any atom is -0.267 e. The summed E-state index contributed by atoms with van der Waals surface area (Å²) in [6.45, 7) is 2.07. The molecule has 152 valence electrons. The van der Waals surface area contributed by atoms with Gasteiger partial charge in [-0.05, 0) is 61.1 Å². The number of benzene rings is 1. The smallest absolute Gasteiger partial charge is 0.267 e. The van der Waals surface area contributed by atoms with E-state index in [-0.39, 0.29) is 22.9 Å². The van der Waals surface area contributed by atoms with Crippen LogP contribution in [0.1, 0.15) is 43.8 Å². The SMILES string of the molecule is C#CCNS(=O)(=O)c1ccc(C(=O)NNC(=O)c2cc3c(s2)CCC(C)C3)cc1. The van der Waals surface area contributed by atoms with Gasteiger partial charge < -0.3 is 0 Å². The Labute approximate surface area is 173 Å². The van der Waals surface area contributed by atoms with E-state index in [1.165, 1.54) is 46.0 Å². The first-order valence-corrected chi connectivity index (χ1v) is 11.4. The van der Waals surface area contributed by atoms with Gasteiger partial charge >= 0.3 is 0 Å². The van der Waals surface area contributed by atoms with Gasteiger partial charge in [-0.1, -0.05) is 12.8 Å². The second kappa shape index (κ2) is 8.78. The van der Waals surface area contributed by atoms with Gasteiger partial charge in [0.1, 0.15) is 0 Å². The van der Waals surface area contributed by atoms with Crippen molar-refractivity contribution in [2.24, 2.45) is 5.92 Å². The molecular formula is C20H21N3O4S2. The van der Waals surface area contributed by atoms with Crippen molar-refractivity contribution in [3.8, 4) is 12.3 Å². The number of hydrazine groups is 1. The number of terminal acetylenes is 1. The molecule has 3 N–H and O–H groups in total. The highest BCUT2D eigenvalue weighted by molar-refractivity contribution is 7.89. The van der Waals surface area contributed by atoms with Crippen molar-refractivity contribution in [1.29, 1.82) is 0 Å². The number of fused-ring (bicyclic) bond motifs is 1. The van der Waals surface area contributed by atoms with Crippen molar-refractivity contribution < 1.29 is 18.0 Å². The van der Waals surface area contributed by atoms with E-state index in [4.69, 9.17) is 6.42 Å². The lowest BCUT2D eigenvalue weighted by Gasteiger charge is -2.16. The molecule has 0 radical (unpaired) electrons. The number of sulfonamides is 1. The number of carbonyl (C=O) groups is 2. The highest BCUT2D eigenvalue weighted by Gasteiger charge is 2.21. The van der Waals surface area contributed by atoms with Crippen molar-refractivity contribution in [2.75, 3.05) is 6.54 Å². The van der Waals surface area contributed by atoms with Crippen LogP contribution in [0.4, 0.5) is 0 Å². The van der Waals surface area contributed by atoms with Crippen molar-refractivity contribution in [3.05, 3.63) is 51.2 Å². The Kier molecular flexibility index (Phi) is 6.37. The molecule has 1 unspecified atom stereocenters. The van der Waals surface area contributed by atoms with Crippen LogP contribution >= 0.6 is 11.3 Å². The number of hydrogen-bond donors (Lipinski definition) is 3. The summed E-state index contributed by atoms with van der Waals surface area (Å²) >= 11 is 1.45. The van der Waals surface area contributed by atoms with Crippen LogP contribution < -0.4 is 15.6 Å². The molecule has 9 heteroatoms. The van der Waals surface area contributed by atoms with Gasteiger partial charge in [0.05, 0.1) is 16.3 Å². The Balaban J connectivity index is 1.59. The molecule has 3 rings (SSSR count). The minimum atomic E-state index is -3.72. The lowest BCUT2D eigenvalue weighted by molar-refractivity contribution is 0.0849. The molecule has 1 aliphatic rings. The Morgan fingerprint density at radius 1 is 1.21 bits per heavy atom. The van der Waals surface area contributed by atoms with Crippen LogP contribution in [-0.4, -0.2) is 26.8 Å². The van der Waals surface area contributed by atoms with Crippen LogP contribution in [0, 0.1) is 18.3 Å². The van der Waals surface area contributed by atoms with Gasteiger partial charge in [-0.2, -0.15) is 4.72 Å². The summed E-state index contributed by atoms with van der Waals surface area (Å²) in [5, 5.41) is 0. The third-order valence-corrected chi connectivity index (χ3v) is 7.29. The molecule has 0 saturated carbocycles. The molecule has 29 heavy (non-hydrogen) atoms. The summed E-state index contributed by atoms with van der Waals surface area (Å²) < 4.78 is 26.2. The zero-order valence-electron chi connectivity index (χ0n) is 15.8. The van der Waals surface area contributed by atoms with Crippen LogP contribution in [0.5, 0.6) is 0 Å². The third kappa shape index (κ3) is 5.03. The van der Waals surface area contributed by atoms with E-state index in [2.05, 4.69) is 28.4 Å². The quantitative estimate of drug-likeness (QED) is 0.496. The summed E-state index contributed by atoms with van der Waals surface area (Å²) in [7, 11) is -3.72. The molecule has 1 atom stereocenters. The summed E-state index contributed by atoms with van der Waals surface area (Å²) in [6, 6.07) is 7.20. The van der Waals surface area contributed by atoms with Crippen LogP contribution in [0.15, 0.2) is 35.2 Å². The molecule has 2 aromatic rings. The lowest BCUT2D eigenvalue weighted by Crippen LogP contribution is -2.41. The second-order valence-corrected chi connectivity index (χ2v) is 9.77. The second-order valence-electron chi connectivity index (χ2n) is 6.87. The predicted molar refractivity (Wildman–Crippen MR) is 111 cm³/mol. The third-order valence-electron chi connectivity index (χ3n) is 4.63. The van der Waals surface area contributed by atoms with E-state index in [1.54, 1.807) is 0 Å². The Bertz CT molecular complexity index is 1070. The maximum atomic E-state index is 12.3. The molecule has 0 aliphatic heterocycles. The molecule has 7 nitrogen and oxygen atoms in total. The van der Waals surface area contributed by atoms with Gasteiger partial charge in [-0.15, -0.1) is 17.8 Å². The summed E-state index contributed by atoms with van der Waals surface area (Å²) in [4.78, 5) is 26.4. The number of rotatable bonds is 5. The van der Waals surface area contributed by atoms with E-state index in [1.807, 2.05) is 6.07 Å². The summed E-state index contributed by atoms with van der Waals surface area (Å²) in [6.07, 6.45) is 8.12. The Morgan fingerprint density at radius 2 is 1.90 bits per heavy atom. The van der Waals surface area contributed by atoms with Crippen LogP contribution in [0.2, 0.25) is 0 Å². The zero-order chi connectivity index (χ0) is 21.0. The van der Waals surface area contributed by atoms with E-state index < -0.39 is 15.9 Å². The topological polar surface area (TPSA) is 104 Å². The zero-order valence-corrected chi connectivity index (χ0v) is 17.5. The molecule has 0 fully saturated rings. The molecule has 2 amide bonds. The average Bonchev–Trinajstić information content (AvgIpc) is 3.13. The van der Waals surface area contributed by atoms with Crippen molar-refractivity contribution in [1.82, 2.24) is 15.6 Å². The molecular weight excluding hydrogens is 410 g/mol. The van der Waals surface area contributed by atoms with Crippen LogP contribution in [-0.2, 0) is 22.9 Å². The molecule has 1 aromatic carbocycles. The standard InChI is InChI=1S/C20H21N3O4S2/c1-3-10-21-29(26,27)16-7-5-14(6-8-16)19(24)22-23-20(25)18-12-15-11-13(2)4-9-17(15)28-18/h1,5-8,12-13,21H,4,9-11H2,2H3,(H,22,24)(H,23,25). The predicted octanol–water partition coefficient (Wildman–Crippen LogP) is 1.86. The Hall–Kier alpha value is -2.67. The summed E-state index contributed by atoms with van der Waals surface area (Å²) in [5.74, 6) is 1.88. The van der Waals surface area contributed by atoms with Crippen molar-refractivity contribution in [2.45, 2.75) is 31.1 Å². The fourth-order valence-corrected chi connectivity index (χ4v) is 5.11. The summed E-state index contributed by atoms with van der Waals surface area (Å²) in [5.41, 5.74) is 6.18. The van der Waals surface area contributed by atoms with Gasteiger partial charge in [-0.3, -0.25) is 20.4 Å². The molecule has 1 heterocycles. The van der Waals surface area contributed by atoms with Gasteiger partial charge in [0.25, 0.3) is 11.8 Å². The van der Waals surface area contributed by atoms with Gasteiger partial charge in [-0.25, -0.2) is 8.42 Å². The number of amides is 2. The maximum Gasteiger partial charge on any atom is 0.279 e. The monoisotopic (exact) mass is 431 g/mol. The molecule has 1 aromatic heterocycles. The van der Waals surface area contributed by atoms with Crippen LogP contribution in [0.25, 0.3) is 0 Å². The van der Waals surface area contributed by atoms with Gasteiger partial charge in [0.15, 0.2) is 0 Å². The number of hydrogen-bond acceptors (Lipinski definition) is 5. The number of aryl methyl sites for hydroxylation is 1. The number of nitrogens with one attached hydrogen (secondary N) is 3. The van der Waals surface area contributed by atoms with Crippen molar-refractivity contribution >= 4 is 33.2 Å². The molecule has 0 spiro atoms. The number of carbonyl (C=O) groups excluding carboxylic acids is 2. The fourth-order valence-electron chi connectivity index (χ4n) is 3.07. The highest BCUT2D eigenvalue weighted by Crippen LogP contribution is 2.32. The van der Waals surface area contributed by atoms with Crippen molar-refractivity contribution in [3.63, 3.8) is 0 Å².